The molecule has 0 atom stereocenters. The monoisotopic (exact) mass is 286 g/mol. The van der Waals surface area contributed by atoms with Crippen molar-refractivity contribution in [3.8, 4) is 17.0 Å². The molecule has 0 radical (unpaired) electrons. The van der Waals surface area contributed by atoms with Gasteiger partial charge in [-0.3, -0.25) is 4.90 Å². The molecule has 112 valence electrons. The number of nitrogens with zero attached hydrogens (tertiary/aromatic N) is 1. The molecule has 0 saturated carbocycles. The molecule has 0 spiro atoms. The number of hydrogen-bond donors (Lipinski definition) is 1. The van der Waals surface area contributed by atoms with Crippen LogP contribution in [-0.4, -0.2) is 49.3 Å². The Morgan fingerprint density at radius 1 is 1.14 bits per heavy atom. The fraction of sp³-hybridized carbons (Fsp3) is 0.412. The molecule has 4 nitrogen and oxygen atoms in total. The molecular weight excluding hydrogens is 264 g/mol. The summed E-state index contributed by atoms with van der Waals surface area (Å²) in [5.74, 6) is 0.934. The largest absolute Gasteiger partial charge is 0.494 e. The van der Waals surface area contributed by atoms with E-state index in [9.17, 15) is 0 Å². The number of hydrogen-bond acceptors (Lipinski definition) is 3. The second-order valence-corrected chi connectivity index (χ2v) is 5.27. The number of ether oxygens (including phenoxy) is 2. The second kappa shape index (κ2) is 7.29. The van der Waals surface area contributed by atoms with Crippen LogP contribution in [0.2, 0.25) is 0 Å². The molecule has 1 aliphatic heterocycles. The molecule has 21 heavy (non-hydrogen) atoms. The van der Waals surface area contributed by atoms with E-state index < -0.39 is 0 Å². The number of rotatable bonds is 6. The van der Waals surface area contributed by atoms with Gasteiger partial charge < -0.3 is 14.5 Å². The van der Waals surface area contributed by atoms with E-state index in [0.717, 1.165) is 62.9 Å². The molecule has 1 aliphatic rings. The molecule has 1 fully saturated rings. The molecule has 2 heterocycles. The zero-order chi connectivity index (χ0) is 14.3. The van der Waals surface area contributed by atoms with Crippen LogP contribution in [0.4, 0.5) is 0 Å². The highest BCUT2D eigenvalue weighted by atomic mass is 16.5. The topological polar surface area (TPSA) is 37.5 Å². The van der Waals surface area contributed by atoms with Crippen molar-refractivity contribution < 1.29 is 9.47 Å². The Morgan fingerprint density at radius 2 is 2.05 bits per heavy atom. The van der Waals surface area contributed by atoms with Gasteiger partial charge in [-0.1, -0.05) is 12.1 Å². The third-order valence-corrected chi connectivity index (χ3v) is 3.73. The summed E-state index contributed by atoms with van der Waals surface area (Å²) in [7, 11) is 0. The van der Waals surface area contributed by atoms with Gasteiger partial charge in [0.1, 0.15) is 5.75 Å². The highest BCUT2D eigenvalue weighted by molar-refractivity contribution is 5.61. The highest BCUT2D eigenvalue weighted by Gasteiger charge is 2.09. The standard InChI is InChI=1S/C17H22N2O2/c1-4-15(17-6-2-7-18-17)14-16(5-1)21-11-3-8-19-9-12-20-13-10-19/h1-2,4-7,14,18H,3,8-13H2. The maximum Gasteiger partial charge on any atom is 0.119 e. The third kappa shape index (κ3) is 4.09. The van der Waals surface area contributed by atoms with Crippen molar-refractivity contribution in [1.29, 1.82) is 0 Å². The van der Waals surface area contributed by atoms with Crippen LogP contribution in [0.5, 0.6) is 5.75 Å². The fourth-order valence-corrected chi connectivity index (χ4v) is 2.57. The Bertz CT molecular complexity index is 533. The molecule has 3 rings (SSSR count). The number of H-pyrrole nitrogens is 1. The average Bonchev–Trinajstić information content (AvgIpc) is 3.07. The average molecular weight is 286 g/mol. The van der Waals surface area contributed by atoms with Gasteiger partial charge in [0.05, 0.1) is 19.8 Å². The van der Waals surface area contributed by atoms with Crippen molar-refractivity contribution in [2.24, 2.45) is 0 Å². The number of aromatic nitrogens is 1. The van der Waals surface area contributed by atoms with Gasteiger partial charge in [-0.2, -0.15) is 0 Å². The van der Waals surface area contributed by atoms with Crippen molar-refractivity contribution in [1.82, 2.24) is 9.88 Å². The van der Waals surface area contributed by atoms with Gasteiger partial charge in [0.15, 0.2) is 0 Å². The van der Waals surface area contributed by atoms with Crippen molar-refractivity contribution in [2.75, 3.05) is 39.5 Å². The van der Waals surface area contributed by atoms with Crippen molar-refractivity contribution in [2.45, 2.75) is 6.42 Å². The summed E-state index contributed by atoms with van der Waals surface area (Å²) in [5, 5.41) is 0. The van der Waals surface area contributed by atoms with Gasteiger partial charge in [0.2, 0.25) is 0 Å². The molecule has 1 aromatic carbocycles. The summed E-state index contributed by atoms with van der Waals surface area (Å²) < 4.78 is 11.2. The van der Waals surface area contributed by atoms with E-state index >= 15 is 0 Å². The molecule has 0 amide bonds. The van der Waals surface area contributed by atoms with Crippen LogP contribution in [0.25, 0.3) is 11.3 Å². The molecular formula is C17H22N2O2. The SMILES string of the molecule is c1cc(OCCCN2CCOCC2)cc(-c2ccc[nH]2)c1. The summed E-state index contributed by atoms with van der Waals surface area (Å²) in [5.41, 5.74) is 2.28. The van der Waals surface area contributed by atoms with Crippen molar-refractivity contribution in [3.63, 3.8) is 0 Å². The maximum atomic E-state index is 5.86. The lowest BCUT2D eigenvalue weighted by Gasteiger charge is -2.26. The molecule has 1 saturated heterocycles. The smallest absolute Gasteiger partial charge is 0.119 e. The normalized spacial score (nSPS) is 16.0. The quantitative estimate of drug-likeness (QED) is 0.830. The number of aromatic amines is 1. The van der Waals surface area contributed by atoms with Gasteiger partial charge in [0, 0.05) is 37.1 Å². The minimum Gasteiger partial charge on any atom is -0.494 e. The second-order valence-electron chi connectivity index (χ2n) is 5.27. The van der Waals surface area contributed by atoms with Crippen molar-refractivity contribution >= 4 is 0 Å². The lowest BCUT2D eigenvalue weighted by Crippen LogP contribution is -2.37. The minimum atomic E-state index is 0.755. The van der Waals surface area contributed by atoms with Crippen LogP contribution in [0.3, 0.4) is 0 Å². The van der Waals surface area contributed by atoms with E-state index in [1.54, 1.807) is 0 Å². The number of nitrogens with one attached hydrogen (secondary N) is 1. The molecule has 1 N–H and O–H groups in total. The van der Waals surface area contributed by atoms with Crippen LogP contribution in [0.15, 0.2) is 42.6 Å². The van der Waals surface area contributed by atoms with Crippen LogP contribution in [0, 0.1) is 0 Å². The Morgan fingerprint density at radius 3 is 2.86 bits per heavy atom. The van der Waals surface area contributed by atoms with E-state index in [1.165, 1.54) is 0 Å². The summed E-state index contributed by atoms with van der Waals surface area (Å²) in [4.78, 5) is 5.65. The van der Waals surface area contributed by atoms with Crippen LogP contribution >= 0.6 is 0 Å². The van der Waals surface area contributed by atoms with Gasteiger partial charge in [-0.05, 0) is 30.7 Å². The van der Waals surface area contributed by atoms with Gasteiger partial charge in [-0.15, -0.1) is 0 Å². The maximum absolute atomic E-state index is 5.86. The lowest BCUT2D eigenvalue weighted by molar-refractivity contribution is 0.0358. The van der Waals surface area contributed by atoms with Crippen LogP contribution < -0.4 is 4.74 Å². The molecule has 0 aliphatic carbocycles. The Hall–Kier alpha value is -1.78. The summed E-state index contributed by atoms with van der Waals surface area (Å²) in [6.45, 7) is 5.65. The van der Waals surface area contributed by atoms with E-state index in [4.69, 9.17) is 9.47 Å². The first-order valence-corrected chi connectivity index (χ1v) is 7.58. The molecule has 2 aromatic rings. The number of morpholine rings is 1. The van der Waals surface area contributed by atoms with Crippen LogP contribution in [-0.2, 0) is 4.74 Å². The zero-order valence-corrected chi connectivity index (χ0v) is 12.3. The highest BCUT2D eigenvalue weighted by Crippen LogP contribution is 2.22. The molecule has 0 unspecified atom stereocenters. The Balaban J connectivity index is 1.46. The van der Waals surface area contributed by atoms with Crippen LogP contribution in [0.1, 0.15) is 6.42 Å². The summed E-state index contributed by atoms with van der Waals surface area (Å²) in [6, 6.07) is 12.3. The first kappa shape index (κ1) is 14.2. The minimum absolute atomic E-state index is 0.755. The first-order valence-electron chi connectivity index (χ1n) is 7.58. The van der Waals surface area contributed by atoms with Gasteiger partial charge >= 0.3 is 0 Å². The lowest BCUT2D eigenvalue weighted by atomic mass is 10.1. The zero-order valence-electron chi connectivity index (χ0n) is 12.3. The summed E-state index contributed by atoms with van der Waals surface area (Å²) >= 11 is 0. The van der Waals surface area contributed by atoms with E-state index in [2.05, 4.69) is 28.1 Å². The molecule has 1 aromatic heterocycles. The molecule has 0 bridgehead atoms. The Labute approximate surface area is 125 Å². The molecule has 4 heteroatoms. The van der Waals surface area contributed by atoms with E-state index in [1.807, 2.05) is 24.4 Å². The van der Waals surface area contributed by atoms with E-state index in [-0.39, 0.29) is 0 Å². The first-order chi connectivity index (χ1) is 10.4. The van der Waals surface area contributed by atoms with Crippen molar-refractivity contribution in [3.05, 3.63) is 42.6 Å². The Kier molecular flexibility index (Phi) is 4.92. The van der Waals surface area contributed by atoms with Gasteiger partial charge in [-0.25, -0.2) is 0 Å². The number of benzene rings is 1. The predicted molar refractivity (Wildman–Crippen MR) is 83.6 cm³/mol. The van der Waals surface area contributed by atoms with E-state index in [0.29, 0.717) is 0 Å². The summed E-state index contributed by atoms with van der Waals surface area (Å²) in [6.07, 6.45) is 2.98. The fourth-order valence-electron chi connectivity index (χ4n) is 2.57. The third-order valence-electron chi connectivity index (χ3n) is 3.73. The predicted octanol–water partition coefficient (Wildman–Crippen LogP) is 2.78. The van der Waals surface area contributed by atoms with Gasteiger partial charge in [0.25, 0.3) is 0 Å².